The van der Waals surface area contributed by atoms with Crippen molar-refractivity contribution >= 4 is 12.6 Å². The minimum absolute atomic E-state index is 0.209. The molecule has 0 saturated heterocycles. The van der Waals surface area contributed by atoms with Gasteiger partial charge in [-0.1, -0.05) is 0 Å². The molecule has 0 aliphatic rings. The van der Waals surface area contributed by atoms with Gasteiger partial charge in [0.1, 0.15) is 0 Å². The monoisotopic (exact) mass is 316 g/mol. The second-order valence-corrected chi connectivity index (χ2v) is 7.39. The van der Waals surface area contributed by atoms with Gasteiger partial charge in [0, 0.05) is 0 Å². The van der Waals surface area contributed by atoms with Crippen LogP contribution in [-0.2, 0) is 0 Å². The quantitative estimate of drug-likeness (QED) is 0.524. The van der Waals surface area contributed by atoms with Crippen LogP contribution in [0.3, 0.4) is 0 Å². The SMILES string of the molecule is FC(F)(F)[PH](c1ccccc1)(C(F)(F)F)C(F)(F)F. The zero-order valence-electron chi connectivity index (χ0n) is 8.79. The Labute approximate surface area is 101 Å². The van der Waals surface area contributed by atoms with E-state index in [1.807, 2.05) is 0 Å². The van der Waals surface area contributed by atoms with Crippen LogP contribution in [0.4, 0.5) is 39.5 Å². The molecular formula is C9H6F9P. The molecule has 0 N–H and O–H groups in total. The van der Waals surface area contributed by atoms with Gasteiger partial charge < -0.3 is 0 Å². The molecule has 0 spiro atoms. The first-order valence-corrected chi connectivity index (χ1v) is 6.61. The summed E-state index contributed by atoms with van der Waals surface area (Å²) in [6.07, 6.45) is 0. The summed E-state index contributed by atoms with van der Waals surface area (Å²) in [5.41, 5.74) is 0. The van der Waals surface area contributed by atoms with Crippen LogP contribution in [0.25, 0.3) is 0 Å². The zero-order valence-corrected chi connectivity index (χ0v) is 9.79. The van der Waals surface area contributed by atoms with Crippen LogP contribution in [0.15, 0.2) is 30.3 Å². The molecule has 1 aromatic rings. The van der Waals surface area contributed by atoms with Crippen molar-refractivity contribution in [3.05, 3.63) is 30.3 Å². The van der Waals surface area contributed by atoms with Gasteiger partial charge in [-0.3, -0.25) is 0 Å². The standard InChI is InChI=1S/C9H6F9P/c10-7(11,12)19(8(13,14)15,9(16,17)18)6-4-2-1-3-5-6/h1-5,19H. The maximum atomic E-state index is 12.7. The Morgan fingerprint density at radius 2 is 0.895 bits per heavy atom. The molecule has 0 unspecified atom stereocenters. The van der Waals surface area contributed by atoms with Gasteiger partial charge in [0.05, 0.1) is 0 Å². The van der Waals surface area contributed by atoms with Crippen LogP contribution < -0.4 is 5.30 Å². The van der Waals surface area contributed by atoms with Gasteiger partial charge in [-0.2, -0.15) is 0 Å². The fourth-order valence-corrected chi connectivity index (χ4v) is 4.30. The third kappa shape index (κ3) is 2.40. The summed E-state index contributed by atoms with van der Waals surface area (Å²) in [4.78, 5) is 0. The van der Waals surface area contributed by atoms with Crippen molar-refractivity contribution in [1.82, 2.24) is 0 Å². The van der Waals surface area contributed by atoms with Crippen LogP contribution in [0.1, 0.15) is 0 Å². The molecule has 0 fully saturated rings. The van der Waals surface area contributed by atoms with E-state index in [0.717, 1.165) is 6.07 Å². The normalized spacial score (nSPS) is 15.4. The molecule has 0 nitrogen and oxygen atoms in total. The van der Waals surface area contributed by atoms with Crippen LogP contribution in [0.5, 0.6) is 0 Å². The number of rotatable bonds is 1. The van der Waals surface area contributed by atoms with Gasteiger partial charge in [0.15, 0.2) is 0 Å². The average Bonchev–Trinajstić information content (AvgIpc) is 2.12. The third-order valence-electron chi connectivity index (χ3n) is 2.48. The van der Waals surface area contributed by atoms with Crippen LogP contribution in [0.2, 0.25) is 0 Å². The average molecular weight is 316 g/mol. The van der Waals surface area contributed by atoms with Crippen molar-refractivity contribution < 1.29 is 39.5 Å². The van der Waals surface area contributed by atoms with Crippen molar-refractivity contribution in [2.75, 3.05) is 0 Å². The van der Waals surface area contributed by atoms with E-state index >= 15 is 0 Å². The summed E-state index contributed by atoms with van der Waals surface area (Å²) in [5.74, 6) is -19.3. The van der Waals surface area contributed by atoms with Gasteiger partial charge >= 0.3 is 100 Å². The molecule has 0 atom stereocenters. The number of hydrogen-bond acceptors (Lipinski definition) is 0. The van der Waals surface area contributed by atoms with E-state index in [2.05, 4.69) is 0 Å². The van der Waals surface area contributed by atoms with E-state index in [1.54, 1.807) is 0 Å². The minimum atomic E-state index is -7.78. The van der Waals surface area contributed by atoms with Crippen LogP contribution in [0, 0.1) is 0 Å². The second kappa shape index (κ2) is 4.54. The maximum absolute atomic E-state index is 12.7. The molecule has 0 aliphatic carbocycles. The Morgan fingerprint density at radius 1 is 0.579 bits per heavy atom. The van der Waals surface area contributed by atoms with Crippen molar-refractivity contribution in [2.24, 2.45) is 0 Å². The van der Waals surface area contributed by atoms with Crippen molar-refractivity contribution in [3.8, 4) is 0 Å². The molecule has 0 bridgehead atoms. The molecule has 0 aliphatic heterocycles. The molecular weight excluding hydrogens is 310 g/mol. The molecule has 0 heterocycles. The molecule has 0 radical (unpaired) electrons. The summed E-state index contributed by atoms with van der Waals surface area (Å²) >= 11 is 0. The number of alkyl halides is 9. The molecule has 10 heteroatoms. The zero-order chi connectivity index (χ0) is 15.1. The number of hydrogen-bond donors (Lipinski definition) is 0. The Bertz CT molecular complexity index is 392. The van der Waals surface area contributed by atoms with Crippen LogP contribution >= 0.6 is 7.26 Å². The van der Waals surface area contributed by atoms with E-state index in [-0.39, 0.29) is 12.1 Å². The summed E-state index contributed by atoms with van der Waals surface area (Å²) in [5, 5.41) is -1.78. The predicted molar refractivity (Wildman–Crippen MR) is 52.6 cm³/mol. The first-order valence-electron chi connectivity index (χ1n) is 4.61. The van der Waals surface area contributed by atoms with E-state index in [1.165, 1.54) is 0 Å². The van der Waals surface area contributed by atoms with Crippen molar-refractivity contribution in [3.63, 3.8) is 0 Å². The Hall–Kier alpha value is -0.980. The number of halogens is 9. The van der Waals surface area contributed by atoms with E-state index in [4.69, 9.17) is 0 Å². The topological polar surface area (TPSA) is 0 Å². The van der Waals surface area contributed by atoms with Crippen LogP contribution in [-0.4, -0.2) is 17.8 Å². The molecule has 1 aromatic carbocycles. The second-order valence-electron chi connectivity index (χ2n) is 3.61. The van der Waals surface area contributed by atoms with Gasteiger partial charge in [-0.15, -0.1) is 0 Å². The molecule has 1 rings (SSSR count). The summed E-state index contributed by atoms with van der Waals surface area (Å²) in [7, 11) is -7.78. The summed E-state index contributed by atoms with van der Waals surface area (Å²) in [6, 6.07) is 2.87. The van der Waals surface area contributed by atoms with E-state index in [0.29, 0.717) is 12.1 Å². The summed E-state index contributed by atoms with van der Waals surface area (Å²) in [6.45, 7) is 0. The fourth-order valence-electron chi connectivity index (χ4n) is 1.66. The first-order chi connectivity index (χ1) is 8.36. The Kier molecular flexibility index (Phi) is 3.84. The number of benzene rings is 1. The Morgan fingerprint density at radius 3 is 1.16 bits per heavy atom. The fraction of sp³-hybridized carbons (Fsp3) is 0.333. The van der Waals surface area contributed by atoms with E-state index in [9.17, 15) is 39.5 Å². The molecule has 0 saturated carbocycles. The molecule has 0 amide bonds. The van der Waals surface area contributed by atoms with Gasteiger partial charge in [-0.25, -0.2) is 0 Å². The van der Waals surface area contributed by atoms with Gasteiger partial charge in [0.2, 0.25) is 0 Å². The molecule has 19 heavy (non-hydrogen) atoms. The first kappa shape index (κ1) is 16.1. The van der Waals surface area contributed by atoms with Crippen molar-refractivity contribution in [1.29, 1.82) is 0 Å². The van der Waals surface area contributed by atoms with Gasteiger partial charge in [-0.05, 0) is 0 Å². The molecule has 0 aromatic heterocycles. The Balaban J connectivity index is 3.76. The van der Waals surface area contributed by atoms with Crippen molar-refractivity contribution in [2.45, 2.75) is 17.8 Å². The summed E-state index contributed by atoms with van der Waals surface area (Å²) < 4.78 is 114. The predicted octanol–water partition coefficient (Wildman–Crippen LogP) is 4.62. The van der Waals surface area contributed by atoms with Gasteiger partial charge in [0.25, 0.3) is 0 Å². The van der Waals surface area contributed by atoms with E-state index < -0.39 is 30.3 Å². The molecule has 110 valence electrons. The third-order valence-corrected chi connectivity index (χ3v) is 6.23.